The summed E-state index contributed by atoms with van der Waals surface area (Å²) >= 11 is 0. The predicted octanol–water partition coefficient (Wildman–Crippen LogP) is 2.71. The van der Waals surface area contributed by atoms with Gasteiger partial charge in [0.1, 0.15) is 22.7 Å². The molecule has 32 heavy (non-hydrogen) atoms. The van der Waals surface area contributed by atoms with Crippen molar-refractivity contribution in [1.82, 2.24) is 34.7 Å². The summed E-state index contributed by atoms with van der Waals surface area (Å²) in [6.07, 6.45) is 9.73. The molecule has 0 unspecified atom stereocenters. The van der Waals surface area contributed by atoms with Crippen LogP contribution in [0.15, 0.2) is 30.9 Å². The fraction of sp³-hybridized carbons (Fsp3) is 0.364. The standard InChI is InChI=1S/C22H25N9O/c1-3-17-22(28-15-5-8-32-9-6-15)30-19-16(11-25-21(23)20(19)29-17)14-10-26-31(12-14)18-4-7-24-13(2)27-18/h4,7,10-12,15H,3,5-6,8-9H2,1-2H3,(H2,23,25)(H,28,30). The number of aromatic nitrogens is 7. The van der Waals surface area contributed by atoms with Crippen LogP contribution in [0.4, 0.5) is 11.6 Å². The van der Waals surface area contributed by atoms with Crippen LogP contribution >= 0.6 is 0 Å². The molecule has 0 spiro atoms. The first kappa shape index (κ1) is 20.3. The van der Waals surface area contributed by atoms with Gasteiger partial charge in [-0.2, -0.15) is 5.10 Å². The summed E-state index contributed by atoms with van der Waals surface area (Å²) in [4.78, 5) is 22.8. The Morgan fingerprint density at radius 1 is 1.12 bits per heavy atom. The van der Waals surface area contributed by atoms with Crippen LogP contribution < -0.4 is 11.1 Å². The second kappa shape index (κ2) is 8.46. The molecule has 10 nitrogen and oxygen atoms in total. The van der Waals surface area contributed by atoms with E-state index in [0.717, 1.165) is 55.1 Å². The summed E-state index contributed by atoms with van der Waals surface area (Å²) in [5.74, 6) is 2.53. The quantitative estimate of drug-likeness (QED) is 0.490. The van der Waals surface area contributed by atoms with E-state index in [0.29, 0.717) is 34.5 Å². The molecule has 0 bridgehead atoms. The van der Waals surface area contributed by atoms with Gasteiger partial charge in [-0.3, -0.25) is 0 Å². The first-order valence-corrected chi connectivity index (χ1v) is 10.8. The Labute approximate surface area is 185 Å². The molecule has 5 rings (SSSR count). The molecule has 0 radical (unpaired) electrons. The van der Waals surface area contributed by atoms with E-state index in [9.17, 15) is 0 Å². The van der Waals surface area contributed by atoms with Gasteiger partial charge in [0.25, 0.3) is 0 Å². The lowest BCUT2D eigenvalue weighted by Crippen LogP contribution is -2.29. The van der Waals surface area contributed by atoms with Gasteiger partial charge in [0.15, 0.2) is 11.6 Å². The molecule has 4 aromatic rings. The molecule has 3 N–H and O–H groups in total. The molecule has 1 fully saturated rings. The van der Waals surface area contributed by atoms with Gasteiger partial charge in [-0.25, -0.2) is 29.6 Å². The Balaban J connectivity index is 1.59. The normalized spacial score (nSPS) is 14.7. The van der Waals surface area contributed by atoms with Gasteiger partial charge in [0.05, 0.1) is 11.9 Å². The highest BCUT2D eigenvalue weighted by molar-refractivity contribution is 5.96. The third-order valence-corrected chi connectivity index (χ3v) is 5.59. The molecule has 0 aliphatic carbocycles. The van der Waals surface area contributed by atoms with E-state index < -0.39 is 0 Å². The summed E-state index contributed by atoms with van der Waals surface area (Å²) < 4.78 is 7.19. The lowest BCUT2D eigenvalue weighted by atomic mass is 10.1. The lowest BCUT2D eigenvalue weighted by molar-refractivity contribution is 0.0903. The first-order valence-electron chi connectivity index (χ1n) is 10.8. The number of nitrogen functional groups attached to an aromatic ring is 1. The van der Waals surface area contributed by atoms with E-state index in [1.807, 2.05) is 19.2 Å². The van der Waals surface area contributed by atoms with Gasteiger partial charge >= 0.3 is 0 Å². The van der Waals surface area contributed by atoms with Crippen molar-refractivity contribution in [2.24, 2.45) is 0 Å². The van der Waals surface area contributed by atoms with Crippen molar-refractivity contribution >= 4 is 22.7 Å². The number of ether oxygens (including phenoxy) is 1. The maximum absolute atomic E-state index is 6.19. The minimum atomic E-state index is 0.312. The molecule has 1 saturated heterocycles. The molecule has 164 valence electrons. The second-order valence-corrected chi connectivity index (χ2v) is 7.79. The smallest absolute Gasteiger partial charge is 0.156 e. The number of nitrogens with one attached hydrogen (secondary N) is 1. The van der Waals surface area contributed by atoms with Crippen LogP contribution in [0, 0.1) is 6.92 Å². The molecule has 0 aromatic carbocycles. The Bertz CT molecular complexity index is 1260. The van der Waals surface area contributed by atoms with Crippen molar-refractivity contribution in [2.45, 2.75) is 39.2 Å². The van der Waals surface area contributed by atoms with E-state index in [-0.39, 0.29) is 0 Å². The number of hydrogen-bond donors (Lipinski definition) is 2. The number of rotatable bonds is 5. The van der Waals surface area contributed by atoms with Gasteiger partial charge in [0.2, 0.25) is 0 Å². The van der Waals surface area contributed by atoms with Gasteiger partial charge < -0.3 is 15.8 Å². The van der Waals surface area contributed by atoms with Crippen molar-refractivity contribution in [3.05, 3.63) is 42.4 Å². The van der Waals surface area contributed by atoms with Crippen LogP contribution in [0.1, 0.15) is 31.3 Å². The topological polar surface area (TPSA) is 130 Å². The lowest BCUT2D eigenvalue weighted by Gasteiger charge is -2.24. The van der Waals surface area contributed by atoms with Crippen LogP contribution in [-0.2, 0) is 11.2 Å². The van der Waals surface area contributed by atoms with Gasteiger partial charge in [0, 0.05) is 55.0 Å². The number of aryl methyl sites for hydroxylation is 2. The minimum Gasteiger partial charge on any atom is -0.382 e. The van der Waals surface area contributed by atoms with Crippen molar-refractivity contribution in [3.8, 4) is 16.9 Å². The number of pyridine rings is 1. The Kier molecular flexibility index (Phi) is 5.36. The highest BCUT2D eigenvalue weighted by Crippen LogP contribution is 2.31. The molecule has 0 atom stereocenters. The fourth-order valence-corrected chi connectivity index (χ4v) is 3.86. The van der Waals surface area contributed by atoms with Crippen LogP contribution in [0.5, 0.6) is 0 Å². The SMILES string of the molecule is CCc1nc2c(N)ncc(-c3cnn(-c4ccnc(C)n4)c3)c2nc1NC1CCOCC1. The monoisotopic (exact) mass is 431 g/mol. The summed E-state index contributed by atoms with van der Waals surface area (Å²) in [5.41, 5.74) is 10.0. The maximum Gasteiger partial charge on any atom is 0.156 e. The molecule has 10 heteroatoms. The summed E-state index contributed by atoms with van der Waals surface area (Å²) in [6.45, 7) is 5.42. The summed E-state index contributed by atoms with van der Waals surface area (Å²) in [7, 11) is 0. The predicted molar refractivity (Wildman–Crippen MR) is 121 cm³/mol. The van der Waals surface area contributed by atoms with E-state index in [4.69, 9.17) is 20.4 Å². The van der Waals surface area contributed by atoms with E-state index in [1.54, 1.807) is 23.3 Å². The van der Waals surface area contributed by atoms with Crippen molar-refractivity contribution in [3.63, 3.8) is 0 Å². The zero-order valence-electron chi connectivity index (χ0n) is 18.1. The highest BCUT2D eigenvalue weighted by atomic mass is 16.5. The fourth-order valence-electron chi connectivity index (χ4n) is 3.86. The van der Waals surface area contributed by atoms with Crippen molar-refractivity contribution < 1.29 is 4.74 Å². The van der Waals surface area contributed by atoms with E-state index in [2.05, 4.69) is 32.3 Å². The van der Waals surface area contributed by atoms with Crippen LogP contribution in [0.2, 0.25) is 0 Å². The maximum atomic E-state index is 6.19. The molecular formula is C22H25N9O. The largest absolute Gasteiger partial charge is 0.382 e. The average Bonchev–Trinajstić information content (AvgIpc) is 3.30. The molecule has 1 aliphatic rings. The molecular weight excluding hydrogens is 406 g/mol. The Morgan fingerprint density at radius 3 is 2.75 bits per heavy atom. The summed E-state index contributed by atoms with van der Waals surface area (Å²) in [5, 5.41) is 8.05. The van der Waals surface area contributed by atoms with Gasteiger partial charge in [-0.15, -0.1) is 0 Å². The number of fused-ring (bicyclic) bond motifs is 1. The molecule has 5 heterocycles. The molecule has 0 amide bonds. The third kappa shape index (κ3) is 3.84. The number of nitrogens with two attached hydrogens (primary N) is 1. The average molecular weight is 432 g/mol. The number of hydrogen-bond acceptors (Lipinski definition) is 9. The molecule has 0 saturated carbocycles. The minimum absolute atomic E-state index is 0.312. The zero-order chi connectivity index (χ0) is 22.1. The van der Waals surface area contributed by atoms with Crippen LogP contribution in [0.25, 0.3) is 28.0 Å². The van der Waals surface area contributed by atoms with Crippen LogP contribution in [0.3, 0.4) is 0 Å². The first-order chi connectivity index (χ1) is 15.6. The van der Waals surface area contributed by atoms with Crippen molar-refractivity contribution in [2.75, 3.05) is 24.3 Å². The zero-order valence-corrected chi connectivity index (χ0v) is 18.1. The Morgan fingerprint density at radius 2 is 1.97 bits per heavy atom. The number of anilines is 2. The highest BCUT2D eigenvalue weighted by Gasteiger charge is 2.19. The Hall–Kier alpha value is -3.66. The second-order valence-electron chi connectivity index (χ2n) is 7.79. The van der Waals surface area contributed by atoms with Gasteiger partial charge in [-0.05, 0) is 26.2 Å². The van der Waals surface area contributed by atoms with E-state index >= 15 is 0 Å². The third-order valence-electron chi connectivity index (χ3n) is 5.59. The van der Waals surface area contributed by atoms with Gasteiger partial charge in [-0.1, -0.05) is 6.92 Å². The van der Waals surface area contributed by atoms with Crippen LogP contribution in [-0.4, -0.2) is 54.0 Å². The van der Waals surface area contributed by atoms with Crippen molar-refractivity contribution in [1.29, 1.82) is 0 Å². The number of nitrogens with zero attached hydrogens (tertiary/aromatic N) is 7. The molecule has 4 aromatic heterocycles. The summed E-state index contributed by atoms with van der Waals surface area (Å²) in [6, 6.07) is 2.12. The van der Waals surface area contributed by atoms with E-state index in [1.165, 1.54) is 0 Å². The molecule has 1 aliphatic heterocycles.